The van der Waals surface area contributed by atoms with Gasteiger partial charge >= 0.3 is 0 Å². The molecule has 0 radical (unpaired) electrons. The van der Waals surface area contributed by atoms with Crippen LogP contribution in [0.1, 0.15) is 32.6 Å². The van der Waals surface area contributed by atoms with E-state index in [1.54, 1.807) is 11.3 Å². The molecular weight excluding hydrogens is 300 g/mol. The van der Waals surface area contributed by atoms with Crippen LogP contribution < -0.4 is 11.1 Å². The van der Waals surface area contributed by atoms with Crippen LogP contribution in [0, 0.1) is 5.41 Å². The fourth-order valence-electron chi connectivity index (χ4n) is 1.13. The number of thiophene rings is 1. The number of hydrogen-bond donors (Lipinski definition) is 2. The monoisotopic (exact) mass is 318 g/mol. The first-order valence-electron chi connectivity index (χ1n) is 5.46. The normalized spacial score (nSPS) is 12.6. The maximum absolute atomic E-state index is 12.1. The zero-order valence-corrected chi connectivity index (χ0v) is 13.0. The van der Waals surface area contributed by atoms with Crippen molar-refractivity contribution in [2.75, 3.05) is 0 Å². The molecule has 0 aliphatic rings. The van der Waals surface area contributed by atoms with Crippen LogP contribution in [-0.2, 0) is 11.3 Å². The van der Waals surface area contributed by atoms with E-state index in [2.05, 4.69) is 21.2 Å². The number of amides is 1. The Morgan fingerprint density at radius 3 is 2.41 bits per heavy atom. The molecule has 0 aliphatic carbocycles. The van der Waals surface area contributed by atoms with Gasteiger partial charge in [0.05, 0.1) is 15.7 Å². The minimum atomic E-state index is -0.596. The molecule has 96 valence electrons. The molecule has 0 atom stereocenters. The molecule has 1 rings (SSSR count). The summed E-state index contributed by atoms with van der Waals surface area (Å²) < 4.78 is 1.07. The molecular formula is C12H19BrN2OS. The molecule has 0 saturated carbocycles. The number of carbonyl (C=O) groups is 1. The fraction of sp³-hybridized carbons (Fsp3) is 0.583. The molecule has 0 aliphatic heterocycles. The highest BCUT2D eigenvalue weighted by Gasteiger charge is 2.40. The number of carbonyl (C=O) groups excluding carboxylic acids is 1. The van der Waals surface area contributed by atoms with Gasteiger partial charge in [0.25, 0.3) is 0 Å². The molecule has 3 N–H and O–H groups in total. The van der Waals surface area contributed by atoms with Gasteiger partial charge < -0.3 is 11.1 Å². The highest BCUT2D eigenvalue weighted by molar-refractivity contribution is 9.11. The van der Waals surface area contributed by atoms with E-state index in [4.69, 9.17) is 5.73 Å². The highest BCUT2D eigenvalue weighted by atomic mass is 79.9. The summed E-state index contributed by atoms with van der Waals surface area (Å²) in [6.07, 6.45) is 0. The van der Waals surface area contributed by atoms with E-state index in [-0.39, 0.29) is 5.91 Å². The number of rotatable bonds is 4. The van der Waals surface area contributed by atoms with Crippen LogP contribution in [0.25, 0.3) is 0 Å². The lowest BCUT2D eigenvalue weighted by molar-refractivity contribution is -0.132. The Balaban J connectivity index is 2.61. The Morgan fingerprint density at radius 2 is 2.00 bits per heavy atom. The molecule has 1 amide bonds. The largest absolute Gasteiger partial charge is 0.351 e. The number of nitrogens with one attached hydrogen (secondary N) is 1. The van der Waals surface area contributed by atoms with Crippen LogP contribution in [0.5, 0.6) is 0 Å². The van der Waals surface area contributed by atoms with E-state index in [9.17, 15) is 4.79 Å². The lowest BCUT2D eigenvalue weighted by Crippen LogP contribution is -2.55. The van der Waals surface area contributed by atoms with Gasteiger partial charge in [0.2, 0.25) is 5.91 Å². The minimum Gasteiger partial charge on any atom is -0.351 e. The van der Waals surface area contributed by atoms with E-state index < -0.39 is 11.0 Å². The molecule has 1 aromatic rings. The average Bonchev–Trinajstić information content (AvgIpc) is 2.58. The predicted octanol–water partition coefficient (Wildman–Crippen LogP) is 2.89. The van der Waals surface area contributed by atoms with Crippen molar-refractivity contribution < 1.29 is 4.79 Å². The second-order valence-electron chi connectivity index (χ2n) is 5.24. The minimum absolute atomic E-state index is 0.0190. The van der Waals surface area contributed by atoms with Crippen LogP contribution in [0.15, 0.2) is 15.9 Å². The third-order valence-electron chi connectivity index (χ3n) is 3.23. The van der Waals surface area contributed by atoms with Gasteiger partial charge in [-0.25, -0.2) is 0 Å². The third-order valence-corrected chi connectivity index (χ3v) is 4.85. The van der Waals surface area contributed by atoms with E-state index in [1.807, 2.05) is 39.8 Å². The van der Waals surface area contributed by atoms with Gasteiger partial charge in [-0.2, -0.15) is 0 Å². The van der Waals surface area contributed by atoms with Crippen molar-refractivity contribution in [3.63, 3.8) is 0 Å². The smallest absolute Gasteiger partial charge is 0.227 e. The first-order valence-corrected chi connectivity index (χ1v) is 7.07. The van der Waals surface area contributed by atoms with Crippen molar-refractivity contribution >= 4 is 33.2 Å². The molecule has 0 unspecified atom stereocenters. The number of nitrogens with two attached hydrogens (primary N) is 1. The lowest BCUT2D eigenvalue weighted by atomic mass is 9.74. The van der Waals surface area contributed by atoms with Gasteiger partial charge in [0.1, 0.15) is 0 Å². The zero-order valence-electron chi connectivity index (χ0n) is 10.6. The van der Waals surface area contributed by atoms with Crippen molar-refractivity contribution in [3.05, 3.63) is 20.8 Å². The number of hydrogen-bond acceptors (Lipinski definition) is 3. The highest BCUT2D eigenvalue weighted by Crippen LogP contribution is 2.28. The van der Waals surface area contributed by atoms with Crippen LogP contribution >= 0.6 is 27.3 Å². The van der Waals surface area contributed by atoms with Gasteiger partial charge in [-0.3, -0.25) is 4.79 Å². The van der Waals surface area contributed by atoms with Crippen LogP contribution in [0.3, 0.4) is 0 Å². The first-order chi connectivity index (χ1) is 7.64. The summed E-state index contributed by atoms with van der Waals surface area (Å²) in [7, 11) is 0. The third kappa shape index (κ3) is 3.53. The van der Waals surface area contributed by atoms with Crippen molar-refractivity contribution in [2.24, 2.45) is 11.1 Å². The number of halogens is 1. The van der Waals surface area contributed by atoms with Crippen LogP contribution in [0.2, 0.25) is 0 Å². The zero-order chi connectivity index (χ0) is 13.3. The molecule has 0 fully saturated rings. The van der Waals surface area contributed by atoms with E-state index in [0.29, 0.717) is 6.54 Å². The molecule has 1 aromatic heterocycles. The van der Waals surface area contributed by atoms with Crippen molar-refractivity contribution in [2.45, 2.75) is 39.8 Å². The summed E-state index contributed by atoms with van der Waals surface area (Å²) in [5, 5.41) is 2.93. The lowest BCUT2D eigenvalue weighted by Gasteiger charge is -2.36. The summed E-state index contributed by atoms with van der Waals surface area (Å²) >= 11 is 5.01. The molecule has 0 aromatic carbocycles. The van der Waals surface area contributed by atoms with Gasteiger partial charge in [-0.05, 0) is 55.8 Å². The topological polar surface area (TPSA) is 55.1 Å². The molecule has 0 bridgehead atoms. The van der Waals surface area contributed by atoms with E-state index in [0.717, 1.165) is 8.66 Å². The fourth-order valence-corrected chi connectivity index (χ4v) is 2.55. The SMILES string of the molecule is CC(C)(N)C(C)(C)C(=O)NCc1ccc(Br)s1. The summed E-state index contributed by atoms with van der Waals surface area (Å²) in [6.45, 7) is 8.02. The summed E-state index contributed by atoms with van der Waals surface area (Å²) in [6, 6.07) is 3.97. The summed E-state index contributed by atoms with van der Waals surface area (Å²) in [5.74, 6) is -0.0190. The van der Waals surface area contributed by atoms with E-state index in [1.165, 1.54) is 0 Å². The Labute approximate surface area is 115 Å². The van der Waals surface area contributed by atoms with Crippen molar-refractivity contribution in [3.8, 4) is 0 Å². The van der Waals surface area contributed by atoms with Gasteiger partial charge in [0, 0.05) is 10.4 Å². The predicted molar refractivity (Wildman–Crippen MR) is 75.9 cm³/mol. The van der Waals surface area contributed by atoms with Gasteiger partial charge in [-0.1, -0.05) is 0 Å². The Hall–Kier alpha value is -0.390. The maximum atomic E-state index is 12.1. The molecule has 0 saturated heterocycles. The van der Waals surface area contributed by atoms with Crippen LogP contribution in [0.4, 0.5) is 0 Å². The second-order valence-corrected chi connectivity index (χ2v) is 7.78. The molecule has 3 nitrogen and oxygen atoms in total. The van der Waals surface area contributed by atoms with Crippen LogP contribution in [-0.4, -0.2) is 11.4 Å². The molecule has 17 heavy (non-hydrogen) atoms. The molecule has 1 heterocycles. The first kappa shape index (κ1) is 14.7. The Morgan fingerprint density at radius 1 is 1.41 bits per heavy atom. The Bertz CT molecular complexity index is 407. The molecule has 5 heteroatoms. The van der Waals surface area contributed by atoms with Crippen molar-refractivity contribution in [1.82, 2.24) is 5.32 Å². The summed E-state index contributed by atoms with van der Waals surface area (Å²) in [5.41, 5.74) is 4.88. The Kier molecular flexibility index (Phi) is 4.38. The molecule has 0 spiro atoms. The van der Waals surface area contributed by atoms with Crippen molar-refractivity contribution in [1.29, 1.82) is 0 Å². The average molecular weight is 319 g/mol. The van der Waals surface area contributed by atoms with E-state index >= 15 is 0 Å². The quantitative estimate of drug-likeness (QED) is 0.896. The maximum Gasteiger partial charge on any atom is 0.227 e. The standard InChI is InChI=1S/C12H19BrN2OS/c1-11(2,12(3,4)14)10(16)15-7-8-5-6-9(13)17-8/h5-6H,7,14H2,1-4H3,(H,15,16). The summed E-state index contributed by atoms with van der Waals surface area (Å²) in [4.78, 5) is 13.2. The van der Waals surface area contributed by atoms with Gasteiger partial charge in [0.15, 0.2) is 0 Å². The van der Waals surface area contributed by atoms with Gasteiger partial charge in [-0.15, -0.1) is 11.3 Å². The second kappa shape index (κ2) is 5.08.